The Kier molecular flexibility index (Phi) is 6.57. The van der Waals surface area contributed by atoms with Gasteiger partial charge in [-0.2, -0.15) is 9.37 Å². The molecule has 0 atom stereocenters. The van der Waals surface area contributed by atoms with Crippen LogP contribution in [0.5, 0.6) is 11.6 Å². The van der Waals surface area contributed by atoms with Crippen LogP contribution in [-0.2, 0) is 14.3 Å². The van der Waals surface area contributed by atoms with Crippen molar-refractivity contribution in [1.82, 2.24) is 14.9 Å². The van der Waals surface area contributed by atoms with Crippen molar-refractivity contribution in [3.8, 4) is 11.6 Å². The van der Waals surface area contributed by atoms with E-state index < -0.39 is 35.4 Å². The van der Waals surface area contributed by atoms with Gasteiger partial charge < -0.3 is 9.47 Å². The molecule has 1 saturated heterocycles. The summed E-state index contributed by atoms with van der Waals surface area (Å²) in [5, 5.41) is 0.709. The molecule has 0 saturated carbocycles. The third-order valence-corrected chi connectivity index (χ3v) is 5.65. The van der Waals surface area contributed by atoms with Gasteiger partial charge in [-0.05, 0) is 53.2 Å². The van der Waals surface area contributed by atoms with Gasteiger partial charge >= 0.3 is 5.97 Å². The normalized spacial score (nSPS) is 14.9. The van der Waals surface area contributed by atoms with Crippen LogP contribution < -0.4 is 4.74 Å². The van der Waals surface area contributed by atoms with Crippen molar-refractivity contribution in [2.24, 2.45) is 0 Å². The van der Waals surface area contributed by atoms with Crippen molar-refractivity contribution in [1.29, 1.82) is 0 Å². The highest BCUT2D eigenvalue weighted by atomic mass is 35.5. The number of carbonyl (C=O) groups is 3. The van der Waals surface area contributed by atoms with Crippen molar-refractivity contribution in [3.63, 3.8) is 0 Å². The number of carbonyl (C=O) groups excluding carboxylic acids is 3. The summed E-state index contributed by atoms with van der Waals surface area (Å²) in [6, 6.07) is 10.6. The molecule has 33 heavy (non-hydrogen) atoms. The summed E-state index contributed by atoms with van der Waals surface area (Å²) < 4.78 is 24.7. The van der Waals surface area contributed by atoms with Crippen molar-refractivity contribution < 1.29 is 28.2 Å². The Bertz CT molecular complexity index is 1320. The van der Waals surface area contributed by atoms with Gasteiger partial charge in [-0.25, -0.2) is 4.98 Å². The van der Waals surface area contributed by atoms with E-state index in [1.165, 1.54) is 6.08 Å². The van der Waals surface area contributed by atoms with Gasteiger partial charge in [0.25, 0.3) is 17.0 Å². The number of nitrogens with zero attached hydrogens (tertiary/aromatic N) is 3. The Hall–Kier alpha value is -3.50. The summed E-state index contributed by atoms with van der Waals surface area (Å²) in [5.41, 5.74) is 0.420. The van der Waals surface area contributed by atoms with E-state index in [1.807, 2.05) is 12.1 Å². The molecule has 1 aliphatic heterocycles. The van der Waals surface area contributed by atoms with Crippen LogP contribution in [0.25, 0.3) is 16.8 Å². The molecular weight excluding hydrogens is 473 g/mol. The van der Waals surface area contributed by atoms with Crippen LogP contribution >= 0.6 is 23.4 Å². The van der Waals surface area contributed by atoms with E-state index in [9.17, 15) is 18.8 Å². The largest absolute Gasteiger partial charge is 0.465 e. The Labute approximate surface area is 196 Å². The van der Waals surface area contributed by atoms with Gasteiger partial charge in [-0.3, -0.25) is 19.3 Å². The Morgan fingerprint density at radius 3 is 2.82 bits per heavy atom. The minimum atomic E-state index is -0.826. The first-order valence-corrected chi connectivity index (χ1v) is 10.9. The lowest BCUT2D eigenvalue weighted by Crippen LogP contribution is -2.34. The maximum Gasteiger partial charge on any atom is 0.326 e. The molecule has 1 aromatic heterocycles. The Morgan fingerprint density at radius 2 is 2.03 bits per heavy atom. The summed E-state index contributed by atoms with van der Waals surface area (Å²) in [6.45, 7) is 1.27. The molecule has 11 heteroatoms. The second-order valence-corrected chi connectivity index (χ2v) is 8.00. The number of esters is 1. The number of aromatic nitrogens is 2. The summed E-state index contributed by atoms with van der Waals surface area (Å²) >= 11 is 6.44. The van der Waals surface area contributed by atoms with Crippen LogP contribution in [0, 0.1) is 5.82 Å². The zero-order valence-corrected chi connectivity index (χ0v) is 18.7. The standard InChI is InChI=1S/C22H15ClFN3O5S/c1-2-31-18(28)11-27-20(29)17(33-22(27)30)9-14-13-6-4-3-5-12(13)7-8-16(14)32-19-15(24)10-25-21(23)26-19/h3-10H,2,11H2,1H3/b17-9+. The van der Waals surface area contributed by atoms with E-state index in [-0.39, 0.29) is 22.5 Å². The van der Waals surface area contributed by atoms with E-state index >= 15 is 0 Å². The predicted octanol–water partition coefficient (Wildman–Crippen LogP) is 4.81. The number of ether oxygens (including phenoxy) is 2. The highest BCUT2D eigenvalue weighted by Gasteiger charge is 2.37. The quantitative estimate of drug-likeness (QED) is 0.277. The van der Waals surface area contributed by atoms with Crippen molar-refractivity contribution >= 4 is 57.3 Å². The van der Waals surface area contributed by atoms with E-state index in [0.717, 1.165) is 16.5 Å². The smallest absolute Gasteiger partial charge is 0.326 e. The highest BCUT2D eigenvalue weighted by Crippen LogP contribution is 2.38. The number of thioether (sulfide) groups is 1. The van der Waals surface area contributed by atoms with Crippen LogP contribution in [0.4, 0.5) is 9.18 Å². The molecule has 0 aliphatic carbocycles. The zero-order chi connectivity index (χ0) is 23.5. The van der Waals surface area contributed by atoms with E-state index in [0.29, 0.717) is 22.7 Å². The number of benzene rings is 2. The molecule has 2 heterocycles. The van der Waals surface area contributed by atoms with Crippen molar-refractivity contribution in [2.45, 2.75) is 6.92 Å². The molecule has 0 bridgehead atoms. The lowest BCUT2D eigenvalue weighted by atomic mass is 10.0. The van der Waals surface area contributed by atoms with E-state index in [4.69, 9.17) is 21.1 Å². The summed E-state index contributed by atoms with van der Waals surface area (Å²) in [6.07, 6.45) is 2.35. The van der Waals surface area contributed by atoms with Gasteiger partial charge in [0.05, 0.1) is 17.7 Å². The second kappa shape index (κ2) is 9.55. The third-order valence-electron chi connectivity index (χ3n) is 4.56. The first-order valence-electron chi connectivity index (χ1n) is 9.66. The van der Waals surface area contributed by atoms with Crippen molar-refractivity contribution in [3.05, 3.63) is 64.2 Å². The van der Waals surface area contributed by atoms with Gasteiger partial charge in [0.15, 0.2) is 0 Å². The molecule has 8 nitrogen and oxygen atoms in total. The number of rotatable bonds is 6. The minimum Gasteiger partial charge on any atom is -0.465 e. The molecule has 1 aliphatic rings. The highest BCUT2D eigenvalue weighted by molar-refractivity contribution is 8.18. The van der Waals surface area contributed by atoms with Gasteiger partial charge in [0.1, 0.15) is 12.3 Å². The number of hydrogen-bond donors (Lipinski definition) is 0. The molecule has 2 amide bonds. The molecular formula is C22H15ClFN3O5S. The fourth-order valence-corrected chi connectivity index (χ4v) is 4.07. The van der Waals surface area contributed by atoms with Crippen LogP contribution in [0.3, 0.4) is 0 Å². The molecule has 4 rings (SSSR count). The van der Waals surface area contributed by atoms with Crippen LogP contribution in [0.1, 0.15) is 12.5 Å². The minimum absolute atomic E-state index is 0.0756. The summed E-state index contributed by atoms with van der Waals surface area (Å²) in [7, 11) is 0. The molecule has 0 N–H and O–H groups in total. The monoisotopic (exact) mass is 487 g/mol. The first-order chi connectivity index (χ1) is 15.9. The Balaban J connectivity index is 1.76. The molecule has 3 aromatic rings. The number of amides is 2. The maximum atomic E-state index is 14.2. The fraction of sp³-hybridized carbons (Fsp3) is 0.136. The topological polar surface area (TPSA) is 98.7 Å². The molecule has 0 radical (unpaired) electrons. The SMILES string of the molecule is CCOC(=O)CN1C(=O)S/C(=C/c2c(Oc3nc(Cl)ncc3F)ccc3ccccc23)C1=O. The van der Waals surface area contributed by atoms with Gasteiger partial charge in [0.2, 0.25) is 11.1 Å². The average Bonchev–Trinajstić information content (AvgIpc) is 3.05. The third kappa shape index (κ3) is 4.81. The molecule has 0 spiro atoms. The van der Waals surface area contributed by atoms with Crippen molar-refractivity contribution in [2.75, 3.05) is 13.2 Å². The lowest BCUT2D eigenvalue weighted by Gasteiger charge is -2.12. The second-order valence-electron chi connectivity index (χ2n) is 6.67. The average molecular weight is 488 g/mol. The lowest BCUT2D eigenvalue weighted by molar-refractivity contribution is -0.145. The number of fused-ring (bicyclic) bond motifs is 1. The van der Waals surface area contributed by atoms with Crippen LogP contribution in [0.15, 0.2) is 47.5 Å². The Morgan fingerprint density at radius 1 is 1.24 bits per heavy atom. The first kappa shape index (κ1) is 22.7. The van der Waals surface area contributed by atoms with Gasteiger partial charge in [0, 0.05) is 5.56 Å². The maximum absolute atomic E-state index is 14.2. The van der Waals surface area contributed by atoms with Crippen LogP contribution in [-0.4, -0.2) is 45.1 Å². The molecule has 168 valence electrons. The van der Waals surface area contributed by atoms with Gasteiger partial charge in [-0.15, -0.1) is 0 Å². The summed E-state index contributed by atoms with van der Waals surface area (Å²) in [5.74, 6) is -2.37. The van der Waals surface area contributed by atoms with E-state index in [1.54, 1.807) is 31.2 Å². The fourth-order valence-electron chi connectivity index (χ4n) is 3.12. The molecule has 1 fully saturated rings. The number of halogens is 2. The number of imide groups is 1. The zero-order valence-electron chi connectivity index (χ0n) is 17.1. The molecule has 0 unspecified atom stereocenters. The summed E-state index contributed by atoms with van der Waals surface area (Å²) in [4.78, 5) is 45.2. The number of hydrogen-bond acceptors (Lipinski definition) is 8. The van der Waals surface area contributed by atoms with Gasteiger partial charge in [-0.1, -0.05) is 30.3 Å². The predicted molar refractivity (Wildman–Crippen MR) is 120 cm³/mol. The van der Waals surface area contributed by atoms with E-state index in [2.05, 4.69) is 9.97 Å². The molecule has 2 aromatic carbocycles. The van der Waals surface area contributed by atoms with Crippen LogP contribution in [0.2, 0.25) is 5.28 Å².